The van der Waals surface area contributed by atoms with Gasteiger partial charge in [0.25, 0.3) is 0 Å². The Bertz CT molecular complexity index is 387. The number of amides is 1. The molecule has 100 valence electrons. The summed E-state index contributed by atoms with van der Waals surface area (Å²) < 4.78 is 10.4. The van der Waals surface area contributed by atoms with Gasteiger partial charge in [0.05, 0.1) is 19.8 Å². The monoisotopic (exact) mass is 254 g/mol. The second-order valence-corrected chi connectivity index (χ2v) is 4.13. The van der Waals surface area contributed by atoms with Crippen LogP contribution >= 0.6 is 0 Å². The highest BCUT2D eigenvalue weighted by molar-refractivity contribution is 5.76. The molecule has 1 amide bonds. The van der Waals surface area contributed by atoms with Crippen LogP contribution in [-0.4, -0.2) is 53.9 Å². The molecule has 2 rings (SSSR count). The van der Waals surface area contributed by atoms with E-state index in [-0.39, 0.29) is 5.91 Å². The van der Waals surface area contributed by atoms with Gasteiger partial charge in [-0.3, -0.25) is 4.79 Å². The molecule has 1 aliphatic heterocycles. The van der Waals surface area contributed by atoms with E-state index in [1.165, 1.54) is 0 Å². The van der Waals surface area contributed by atoms with Crippen LogP contribution in [0.25, 0.3) is 0 Å². The number of carbonyl (C=O) groups excluding carboxylic acids is 1. The first kappa shape index (κ1) is 13.0. The van der Waals surface area contributed by atoms with Gasteiger partial charge in [0.15, 0.2) is 0 Å². The van der Waals surface area contributed by atoms with Gasteiger partial charge in [-0.25, -0.2) is 0 Å². The van der Waals surface area contributed by atoms with Crippen LogP contribution in [0.4, 0.5) is 0 Å². The van der Waals surface area contributed by atoms with Gasteiger partial charge in [-0.1, -0.05) is 0 Å². The zero-order valence-corrected chi connectivity index (χ0v) is 10.5. The average Bonchev–Trinajstić information content (AvgIpc) is 2.81. The zero-order valence-electron chi connectivity index (χ0n) is 10.5. The maximum absolute atomic E-state index is 11.8. The molecule has 0 saturated carbocycles. The number of aromatic nitrogens is 2. The number of ether oxygens (including phenoxy) is 1. The molecule has 0 radical (unpaired) electrons. The van der Waals surface area contributed by atoms with Crippen molar-refractivity contribution in [2.75, 3.05) is 32.8 Å². The van der Waals surface area contributed by atoms with Crippen molar-refractivity contribution in [3.63, 3.8) is 0 Å². The Labute approximate surface area is 105 Å². The van der Waals surface area contributed by atoms with Crippen molar-refractivity contribution in [3.8, 4) is 0 Å². The fourth-order valence-electron chi connectivity index (χ4n) is 1.77. The van der Waals surface area contributed by atoms with E-state index in [9.17, 15) is 4.79 Å². The second kappa shape index (κ2) is 6.46. The number of morpholine rings is 1. The summed E-state index contributed by atoms with van der Waals surface area (Å²) in [7, 11) is 0. The molecule has 18 heavy (non-hydrogen) atoms. The Balaban J connectivity index is 1.61. The van der Waals surface area contributed by atoms with Gasteiger partial charge in [0, 0.05) is 33.0 Å². The fraction of sp³-hybridized carbons (Fsp3) is 0.727. The van der Waals surface area contributed by atoms with E-state index in [2.05, 4.69) is 15.5 Å². The van der Waals surface area contributed by atoms with Crippen LogP contribution in [0.1, 0.15) is 18.2 Å². The summed E-state index contributed by atoms with van der Waals surface area (Å²) in [6.45, 7) is 5.53. The normalized spacial score (nSPS) is 15.9. The minimum atomic E-state index is 0.160. The molecule has 0 aromatic carbocycles. The predicted octanol–water partition coefficient (Wildman–Crippen LogP) is -0.283. The highest BCUT2D eigenvalue weighted by Crippen LogP contribution is 2.00. The molecule has 0 spiro atoms. The maximum Gasteiger partial charge on any atom is 0.230 e. The maximum atomic E-state index is 11.8. The van der Waals surface area contributed by atoms with Crippen LogP contribution in [0.2, 0.25) is 0 Å². The Morgan fingerprint density at radius 1 is 1.39 bits per heavy atom. The lowest BCUT2D eigenvalue weighted by Gasteiger charge is -2.26. The molecule has 7 heteroatoms. The molecular formula is C11H18N4O3. The van der Waals surface area contributed by atoms with Crippen molar-refractivity contribution < 1.29 is 13.9 Å². The number of carbonyl (C=O) groups is 1. The lowest BCUT2D eigenvalue weighted by Crippen LogP contribution is -2.41. The highest BCUT2D eigenvalue weighted by Gasteiger charge is 2.15. The molecule has 1 aliphatic rings. The second-order valence-electron chi connectivity index (χ2n) is 4.13. The summed E-state index contributed by atoms with van der Waals surface area (Å²) in [5, 5.41) is 10.7. The average molecular weight is 254 g/mol. The molecular weight excluding hydrogens is 236 g/mol. The van der Waals surface area contributed by atoms with Crippen molar-refractivity contribution in [1.29, 1.82) is 0 Å². The fourth-order valence-corrected chi connectivity index (χ4v) is 1.77. The molecule has 7 nitrogen and oxygen atoms in total. The molecule has 0 unspecified atom stereocenters. The largest absolute Gasteiger partial charge is 0.424 e. The van der Waals surface area contributed by atoms with E-state index in [1.54, 1.807) is 6.92 Å². The van der Waals surface area contributed by atoms with E-state index in [0.717, 1.165) is 0 Å². The summed E-state index contributed by atoms with van der Waals surface area (Å²) in [5.74, 6) is 1.26. The van der Waals surface area contributed by atoms with Gasteiger partial charge in [-0.05, 0) is 0 Å². The summed E-state index contributed by atoms with van der Waals surface area (Å²) in [6, 6.07) is 0. The standard InChI is InChI=1S/C11H18N4O3/c1-9-13-14-10(18-9)8-12-3-2-11(16)15-4-6-17-7-5-15/h12H,2-8H2,1H3. The molecule has 0 aliphatic carbocycles. The third-order valence-electron chi connectivity index (χ3n) is 2.72. The minimum absolute atomic E-state index is 0.160. The number of aryl methyl sites for hydroxylation is 1. The third-order valence-corrected chi connectivity index (χ3v) is 2.72. The molecule has 0 atom stereocenters. The Morgan fingerprint density at radius 2 is 2.17 bits per heavy atom. The summed E-state index contributed by atoms with van der Waals surface area (Å²) in [4.78, 5) is 13.6. The van der Waals surface area contributed by atoms with Gasteiger partial charge in [0.2, 0.25) is 17.7 Å². The molecule has 1 fully saturated rings. The molecule has 1 aromatic heterocycles. The minimum Gasteiger partial charge on any atom is -0.424 e. The summed E-state index contributed by atoms with van der Waals surface area (Å²) in [6.07, 6.45) is 0.479. The first-order valence-electron chi connectivity index (χ1n) is 6.11. The van der Waals surface area contributed by atoms with Crippen LogP contribution < -0.4 is 5.32 Å². The van der Waals surface area contributed by atoms with Crippen LogP contribution in [0.3, 0.4) is 0 Å². The SMILES string of the molecule is Cc1nnc(CNCCC(=O)N2CCOCC2)o1. The molecule has 0 bridgehead atoms. The van der Waals surface area contributed by atoms with Gasteiger partial charge in [-0.2, -0.15) is 0 Å². The van der Waals surface area contributed by atoms with E-state index in [4.69, 9.17) is 9.15 Å². The molecule has 2 heterocycles. The van der Waals surface area contributed by atoms with Crippen LogP contribution in [0.15, 0.2) is 4.42 Å². The van der Waals surface area contributed by atoms with Crippen LogP contribution in [0.5, 0.6) is 0 Å². The van der Waals surface area contributed by atoms with E-state index >= 15 is 0 Å². The number of hydrogen-bond acceptors (Lipinski definition) is 6. The number of hydrogen-bond donors (Lipinski definition) is 1. The quantitative estimate of drug-likeness (QED) is 0.728. The summed E-state index contributed by atoms with van der Waals surface area (Å²) in [5.41, 5.74) is 0. The van der Waals surface area contributed by atoms with Crippen molar-refractivity contribution >= 4 is 5.91 Å². The van der Waals surface area contributed by atoms with Crippen LogP contribution in [0, 0.1) is 6.92 Å². The van der Waals surface area contributed by atoms with Crippen LogP contribution in [-0.2, 0) is 16.1 Å². The first-order chi connectivity index (χ1) is 8.75. The predicted molar refractivity (Wildman–Crippen MR) is 62.8 cm³/mol. The first-order valence-corrected chi connectivity index (χ1v) is 6.11. The molecule has 1 N–H and O–H groups in total. The molecule has 1 saturated heterocycles. The van der Waals surface area contributed by atoms with Crippen molar-refractivity contribution in [2.45, 2.75) is 19.9 Å². The topological polar surface area (TPSA) is 80.5 Å². The Morgan fingerprint density at radius 3 is 2.83 bits per heavy atom. The lowest BCUT2D eigenvalue weighted by atomic mass is 10.3. The smallest absolute Gasteiger partial charge is 0.230 e. The van der Waals surface area contributed by atoms with Gasteiger partial charge < -0.3 is 19.4 Å². The van der Waals surface area contributed by atoms with Gasteiger partial charge in [-0.15, -0.1) is 10.2 Å². The van der Waals surface area contributed by atoms with Crippen molar-refractivity contribution in [3.05, 3.63) is 11.8 Å². The zero-order chi connectivity index (χ0) is 12.8. The number of nitrogens with zero attached hydrogens (tertiary/aromatic N) is 3. The third kappa shape index (κ3) is 3.78. The van der Waals surface area contributed by atoms with E-state index in [0.29, 0.717) is 57.6 Å². The van der Waals surface area contributed by atoms with Crippen molar-refractivity contribution in [1.82, 2.24) is 20.4 Å². The van der Waals surface area contributed by atoms with E-state index in [1.807, 2.05) is 4.90 Å². The lowest BCUT2D eigenvalue weighted by molar-refractivity contribution is -0.135. The van der Waals surface area contributed by atoms with E-state index < -0.39 is 0 Å². The number of nitrogens with one attached hydrogen (secondary N) is 1. The highest BCUT2D eigenvalue weighted by atomic mass is 16.5. The van der Waals surface area contributed by atoms with Gasteiger partial charge >= 0.3 is 0 Å². The number of rotatable bonds is 5. The van der Waals surface area contributed by atoms with Gasteiger partial charge in [0.1, 0.15) is 0 Å². The molecule has 1 aromatic rings. The Kier molecular flexibility index (Phi) is 4.66. The Hall–Kier alpha value is -1.47. The summed E-state index contributed by atoms with van der Waals surface area (Å²) >= 11 is 0. The van der Waals surface area contributed by atoms with Crippen molar-refractivity contribution in [2.24, 2.45) is 0 Å².